The third kappa shape index (κ3) is 5.62. The molecule has 0 radical (unpaired) electrons. The maximum absolute atomic E-state index is 12.4. The number of rotatable bonds is 6. The SMILES string of the molecule is Cc1ccc([C@H](C)NC(=O)CN(c2cc(Cl)cc(Cl)c2)S(C)(=O)=O)cc1. The van der Waals surface area contributed by atoms with Crippen molar-refractivity contribution in [1.29, 1.82) is 0 Å². The third-order valence-corrected chi connectivity index (χ3v) is 5.35. The first kappa shape index (κ1) is 20.6. The minimum absolute atomic E-state index is 0.239. The van der Waals surface area contributed by atoms with Crippen molar-refractivity contribution in [2.45, 2.75) is 19.9 Å². The predicted molar refractivity (Wildman–Crippen MR) is 106 cm³/mol. The molecule has 0 aromatic heterocycles. The second-order valence-electron chi connectivity index (χ2n) is 6.10. The summed E-state index contributed by atoms with van der Waals surface area (Å²) in [6, 6.07) is 11.9. The van der Waals surface area contributed by atoms with Crippen molar-refractivity contribution in [3.05, 3.63) is 63.6 Å². The van der Waals surface area contributed by atoms with Gasteiger partial charge in [-0.2, -0.15) is 0 Å². The van der Waals surface area contributed by atoms with E-state index in [9.17, 15) is 13.2 Å². The zero-order valence-electron chi connectivity index (χ0n) is 14.7. The van der Waals surface area contributed by atoms with Crippen molar-refractivity contribution in [2.24, 2.45) is 0 Å². The normalized spacial score (nSPS) is 12.5. The largest absolute Gasteiger partial charge is 0.348 e. The third-order valence-electron chi connectivity index (χ3n) is 3.78. The van der Waals surface area contributed by atoms with Crippen LogP contribution >= 0.6 is 23.2 Å². The van der Waals surface area contributed by atoms with E-state index in [4.69, 9.17) is 23.2 Å². The number of hydrogen-bond donors (Lipinski definition) is 1. The minimum Gasteiger partial charge on any atom is -0.348 e. The lowest BCUT2D eigenvalue weighted by atomic mass is 10.1. The van der Waals surface area contributed by atoms with Gasteiger partial charge in [-0.05, 0) is 37.6 Å². The van der Waals surface area contributed by atoms with Gasteiger partial charge in [-0.25, -0.2) is 8.42 Å². The molecule has 8 heteroatoms. The summed E-state index contributed by atoms with van der Waals surface area (Å²) in [7, 11) is -3.70. The molecular formula is C18H20Cl2N2O3S. The number of hydrogen-bond acceptors (Lipinski definition) is 3. The van der Waals surface area contributed by atoms with Crippen LogP contribution in [0.25, 0.3) is 0 Å². The number of carbonyl (C=O) groups excluding carboxylic acids is 1. The summed E-state index contributed by atoms with van der Waals surface area (Å²) in [6.07, 6.45) is 1.03. The lowest BCUT2D eigenvalue weighted by molar-refractivity contribution is -0.120. The van der Waals surface area contributed by atoms with E-state index >= 15 is 0 Å². The Hall–Kier alpha value is -1.76. The van der Waals surface area contributed by atoms with E-state index in [-0.39, 0.29) is 28.3 Å². The van der Waals surface area contributed by atoms with Crippen molar-refractivity contribution in [3.8, 4) is 0 Å². The van der Waals surface area contributed by atoms with Crippen LogP contribution in [0, 0.1) is 6.92 Å². The van der Waals surface area contributed by atoms with Crippen LogP contribution in [-0.4, -0.2) is 27.1 Å². The Bertz CT molecular complexity index is 879. The van der Waals surface area contributed by atoms with Gasteiger partial charge >= 0.3 is 0 Å². The number of nitrogens with zero attached hydrogens (tertiary/aromatic N) is 1. The lowest BCUT2D eigenvalue weighted by Gasteiger charge is -2.23. The number of nitrogens with one attached hydrogen (secondary N) is 1. The van der Waals surface area contributed by atoms with Crippen molar-refractivity contribution < 1.29 is 13.2 Å². The summed E-state index contributed by atoms with van der Waals surface area (Å²) < 4.78 is 25.3. The molecule has 1 N–H and O–H groups in total. The van der Waals surface area contributed by atoms with Crippen molar-refractivity contribution in [2.75, 3.05) is 17.1 Å². The molecule has 0 bridgehead atoms. The Morgan fingerprint density at radius 1 is 1.12 bits per heavy atom. The molecule has 0 fully saturated rings. The second-order valence-corrected chi connectivity index (χ2v) is 8.88. The highest BCUT2D eigenvalue weighted by molar-refractivity contribution is 7.92. The van der Waals surface area contributed by atoms with Gasteiger partial charge in [0, 0.05) is 10.0 Å². The van der Waals surface area contributed by atoms with Crippen LogP contribution < -0.4 is 9.62 Å². The molecule has 26 heavy (non-hydrogen) atoms. The minimum atomic E-state index is -3.70. The van der Waals surface area contributed by atoms with Crippen molar-refractivity contribution in [1.82, 2.24) is 5.32 Å². The van der Waals surface area contributed by atoms with Crippen LogP contribution in [0.5, 0.6) is 0 Å². The highest BCUT2D eigenvalue weighted by Crippen LogP contribution is 2.27. The summed E-state index contributed by atoms with van der Waals surface area (Å²) in [5, 5.41) is 3.38. The zero-order valence-corrected chi connectivity index (χ0v) is 17.0. The molecule has 0 aliphatic rings. The molecular weight excluding hydrogens is 395 g/mol. The van der Waals surface area contributed by atoms with Gasteiger partial charge in [0.05, 0.1) is 18.0 Å². The molecule has 0 heterocycles. The van der Waals surface area contributed by atoms with Gasteiger partial charge in [-0.3, -0.25) is 9.10 Å². The highest BCUT2D eigenvalue weighted by atomic mass is 35.5. The number of benzene rings is 2. The van der Waals surface area contributed by atoms with Gasteiger partial charge in [0.2, 0.25) is 15.9 Å². The Morgan fingerprint density at radius 3 is 2.15 bits per heavy atom. The Morgan fingerprint density at radius 2 is 1.65 bits per heavy atom. The Labute approximate surface area is 164 Å². The number of halogens is 2. The quantitative estimate of drug-likeness (QED) is 0.777. The predicted octanol–water partition coefficient (Wildman–Crippen LogP) is 3.95. The van der Waals surface area contributed by atoms with E-state index in [1.165, 1.54) is 18.2 Å². The van der Waals surface area contributed by atoms with Crippen molar-refractivity contribution >= 4 is 44.8 Å². The fraction of sp³-hybridized carbons (Fsp3) is 0.278. The molecule has 2 aromatic rings. The fourth-order valence-corrected chi connectivity index (χ4v) is 3.79. The maximum Gasteiger partial charge on any atom is 0.241 e. The fourth-order valence-electron chi connectivity index (χ4n) is 2.44. The zero-order chi connectivity index (χ0) is 19.5. The van der Waals surface area contributed by atoms with Crippen LogP contribution in [0.2, 0.25) is 10.0 Å². The van der Waals surface area contributed by atoms with Gasteiger partial charge in [0.1, 0.15) is 6.54 Å². The number of amides is 1. The summed E-state index contributed by atoms with van der Waals surface area (Å²) >= 11 is 11.9. The van der Waals surface area contributed by atoms with E-state index in [1.807, 2.05) is 38.1 Å². The molecule has 2 rings (SSSR count). The molecule has 0 saturated heterocycles. The van der Waals surface area contributed by atoms with Crippen LogP contribution in [-0.2, 0) is 14.8 Å². The maximum atomic E-state index is 12.4. The van der Waals surface area contributed by atoms with E-state index in [2.05, 4.69) is 5.32 Å². The topological polar surface area (TPSA) is 66.5 Å². The average molecular weight is 415 g/mol. The van der Waals surface area contributed by atoms with Crippen LogP contribution in [0.3, 0.4) is 0 Å². The molecule has 0 spiro atoms. The molecule has 2 aromatic carbocycles. The lowest BCUT2D eigenvalue weighted by Crippen LogP contribution is -2.41. The molecule has 1 atom stereocenters. The monoisotopic (exact) mass is 414 g/mol. The molecule has 140 valence electrons. The van der Waals surface area contributed by atoms with Gasteiger partial charge in [0.15, 0.2) is 0 Å². The van der Waals surface area contributed by atoms with E-state index in [0.29, 0.717) is 0 Å². The second kappa shape index (κ2) is 8.29. The smallest absolute Gasteiger partial charge is 0.241 e. The summed E-state index contributed by atoms with van der Waals surface area (Å²) in [5.41, 5.74) is 2.29. The number of carbonyl (C=O) groups is 1. The number of aryl methyl sites for hydroxylation is 1. The van der Waals surface area contributed by atoms with Crippen LogP contribution in [0.15, 0.2) is 42.5 Å². The van der Waals surface area contributed by atoms with E-state index in [0.717, 1.165) is 21.7 Å². The van der Waals surface area contributed by atoms with Gasteiger partial charge in [-0.1, -0.05) is 53.0 Å². The van der Waals surface area contributed by atoms with E-state index in [1.54, 1.807) is 0 Å². The summed E-state index contributed by atoms with van der Waals surface area (Å²) in [5.74, 6) is -0.431. The van der Waals surface area contributed by atoms with Crippen LogP contribution in [0.1, 0.15) is 24.1 Å². The number of sulfonamides is 1. The Kier molecular flexibility index (Phi) is 6.55. The first-order valence-corrected chi connectivity index (χ1v) is 10.5. The Balaban J connectivity index is 2.18. The first-order valence-electron chi connectivity index (χ1n) is 7.86. The average Bonchev–Trinajstić information content (AvgIpc) is 2.51. The molecule has 1 amide bonds. The molecule has 0 aliphatic heterocycles. The van der Waals surface area contributed by atoms with Gasteiger partial charge < -0.3 is 5.32 Å². The van der Waals surface area contributed by atoms with Crippen LogP contribution in [0.4, 0.5) is 5.69 Å². The first-order chi connectivity index (χ1) is 12.1. The molecule has 5 nitrogen and oxygen atoms in total. The molecule has 0 saturated carbocycles. The molecule has 0 unspecified atom stereocenters. The summed E-state index contributed by atoms with van der Waals surface area (Å²) in [6.45, 7) is 3.45. The van der Waals surface area contributed by atoms with Gasteiger partial charge in [-0.15, -0.1) is 0 Å². The summed E-state index contributed by atoms with van der Waals surface area (Å²) in [4.78, 5) is 12.4. The van der Waals surface area contributed by atoms with Gasteiger partial charge in [0.25, 0.3) is 0 Å². The number of anilines is 1. The molecule has 0 aliphatic carbocycles. The standard InChI is InChI=1S/C18H20Cl2N2O3S/c1-12-4-6-14(7-5-12)13(2)21-18(23)11-22(26(3,24)25)17-9-15(19)8-16(20)10-17/h4-10,13H,11H2,1-3H3,(H,21,23)/t13-/m0/s1. The highest BCUT2D eigenvalue weighted by Gasteiger charge is 2.22. The van der Waals surface area contributed by atoms with Crippen molar-refractivity contribution in [3.63, 3.8) is 0 Å². The van der Waals surface area contributed by atoms with E-state index < -0.39 is 15.9 Å².